The zero-order valence-electron chi connectivity index (χ0n) is 11.6. The van der Waals surface area contributed by atoms with Gasteiger partial charge in [0.05, 0.1) is 3.79 Å². The summed E-state index contributed by atoms with van der Waals surface area (Å²) in [5, 5.41) is 13.8. The minimum absolute atomic E-state index is 0.0836. The van der Waals surface area contributed by atoms with E-state index in [-0.39, 0.29) is 5.57 Å². The van der Waals surface area contributed by atoms with E-state index >= 15 is 0 Å². The number of anilines is 1. The first-order valence-corrected chi connectivity index (χ1v) is 7.91. The maximum atomic E-state index is 12.2. The number of nitrogens with zero attached hydrogens (tertiary/aromatic N) is 1. The minimum atomic E-state index is -0.397. The van der Waals surface area contributed by atoms with Crippen molar-refractivity contribution in [1.82, 2.24) is 0 Å². The quantitative estimate of drug-likeness (QED) is 0.638. The summed E-state index contributed by atoms with van der Waals surface area (Å²) in [5.74, 6) is -0.397. The highest BCUT2D eigenvalue weighted by Gasteiger charge is 2.11. The van der Waals surface area contributed by atoms with Gasteiger partial charge in [0.15, 0.2) is 0 Å². The number of carbonyl (C=O) groups is 1. The number of nitriles is 1. The largest absolute Gasteiger partial charge is 0.321 e. The fraction of sp³-hybridized carbons (Fsp3) is 0.125. The third-order valence-electron chi connectivity index (χ3n) is 2.89. The molecule has 5 heteroatoms. The summed E-state index contributed by atoms with van der Waals surface area (Å²) in [6, 6.07) is 9.57. The SMILES string of the molecule is Cc1ccc(NC(=O)/C(C#N)=C/c2csc(Br)c2)c(C)c1. The summed E-state index contributed by atoms with van der Waals surface area (Å²) in [4.78, 5) is 12.2. The van der Waals surface area contributed by atoms with Crippen LogP contribution in [-0.4, -0.2) is 5.91 Å². The number of halogens is 1. The first kappa shape index (κ1) is 15.5. The van der Waals surface area contributed by atoms with Gasteiger partial charge < -0.3 is 5.32 Å². The molecular formula is C16H13BrN2OS. The number of carbonyl (C=O) groups excluding carboxylic acids is 1. The van der Waals surface area contributed by atoms with E-state index in [4.69, 9.17) is 5.26 Å². The summed E-state index contributed by atoms with van der Waals surface area (Å²) in [6.45, 7) is 3.92. The van der Waals surface area contributed by atoms with E-state index < -0.39 is 5.91 Å². The van der Waals surface area contributed by atoms with Crippen LogP contribution < -0.4 is 5.32 Å². The number of nitrogens with one attached hydrogen (secondary N) is 1. The molecule has 0 fully saturated rings. The predicted molar refractivity (Wildman–Crippen MR) is 90.2 cm³/mol. The van der Waals surface area contributed by atoms with Crippen LogP contribution >= 0.6 is 27.3 Å². The van der Waals surface area contributed by atoms with Crippen LogP contribution in [0.3, 0.4) is 0 Å². The zero-order chi connectivity index (χ0) is 15.4. The molecule has 0 radical (unpaired) electrons. The standard InChI is InChI=1S/C16H13BrN2OS/c1-10-3-4-14(11(2)5-10)19-16(20)13(8-18)6-12-7-15(17)21-9-12/h3-7,9H,1-2H3,(H,19,20)/b13-6+. The Morgan fingerprint density at radius 1 is 1.38 bits per heavy atom. The number of amides is 1. The average molecular weight is 361 g/mol. The van der Waals surface area contributed by atoms with Gasteiger partial charge in [0.1, 0.15) is 11.6 Å². The van der Waals surface area contributed by atoms with Crippen molar-refractivity contribution < 1.29 is 4.79 Å². The minimum Gasteiger partial charge on any atom is -0.321 e. The number of benzene rings is 1. The van der Waals surface area contributed by atoms with Crippen LogP contribution in [0.15, 0.2) is 39.0 Å². The van der Waals surface area contributed by atoms with E-state index in [2.05, 4.69) is 21.2 Å². The van der Waals surface area contributed by atoms with Crippen LogP contribution in [0.5, 0.6) is 0 Å². The average Bonchev–Trinajstić information content (AvgIpc) is 2.84. The van der Waals surface area contributed by atoms with Crippen LogP contribution in [0.25, 0.3) is 6.08 Å². The van der Waals surface area contributed by atoms with Crippen LogP contribution in [0.4, 0.5) is 5.69 Å². The highest BCUT2D eigenvalue weighted by molar-refractivity contribution is 9.11. The predicted octanol–water partition coefficient (Wildman–Crippen LogP) is 4.67. The van der Waals surface area contributed by atoms with Crippen LogP contribution in [0, 0.1) is 25.2 Å². The highest BCUT2D eigenvalue weighted by atomic mass is 79.9. The molecule has 21 heavy (non-hydrogen) atoms. The maximum absolute atomic E-state index is 12.2. The number of rotatable bonds is 3. The number of thiophene rings is 1. The molecular weight excluding hydrogens is 348 g/mol. The Labute approximate surface area is 136 Å². The van der Waals surface area contributed by atoms with Gasteiger partial charge in [-0.3, -0.25) is 4.79 Å². The zero-order valence-corrected chi connectivity index (χ0v) is 14.0. The number of hydrogen-bond donors (Lipinski definition) is 1. The van der Waals surface area contributed by atoms with Gasteiger partial charge in [-0.25, -0.2) is 0 Å². The molecule has 1 aromatic heterocycles. The van der Waals surface area contributed by atoms with Crippen LogP contribution in [0.1, 0.15) is 16.7 Å². The van der Waals surface area contributed by atoms with Crippen molar-refractivity contribution in [3.8, 4) is 6.07 Å². The molecule has 2 rings (SSSR count). The van der Waals surface area contributed by atoms with Crippen molar-refractivity contribution in [2.75, 3.05) is 5.32 Å². The molecule has 1 amide bonds. The first-order chi connectivity index (χ1) is 9.99. The molecule has 1 N–H and O–H groups in total. The van der Waals surface area contributed by atoms with Gasteiger partial charge in [0, 0.05) is 5.69 Å². The molecule has 1 heterocycles. The van der Waals surface area contributed by atoms with E-state index in [0.29, 0.717) is 0 Å². The van der Waals surface area contributed by atoms with Crippen molar-refractivity contribution >= 4 is 44.9 Å². The van der Waals surface area contributed by atoms with Gasteiger partial charge >= 0.3 is 0 Å². The summed E-state index contributed by atoms with van der Waals surface area (Å²) < 4.78 is 0.959. The lowest BCUT2D eigenvalue weighted by atomic mass is 10.1. The monoisotopic (exact) mass is 360 g/mol. The van der Waals surface area contributed by atoms with Gasteiger partial charge in [-0.1, -0.05) is 17.7 Å². The molecule has 0 atom stereocenters. The third kappa shape index (κ3) is 4.03. The normalized spacial score (nSPS) is 11.0. The molecule has 0 aliphatic heterocycles. The van der Waals surface area contributed by atoms with E-state index in [0.717, 1.165) is 26.2 Å². The Kier molecular flexibility index (Phi) is 4.94. The smallest absolute Gasteiger partial charge is 0.266 e. The molecule has 0 bridgehead atoms. The lowest BCUT2D eigenvalue weighted by Gasteiger charge is -2.08. The molecule has 1 aromatic carbocycles. The van der Waals surface area contributed by atoms with Crippen molar-refractivity contribution in [1.29, 1.82) is 5.26 Å². The Bertz CT molecular complexity index is 756. The maximum Gasteiger partial charge on any atom is 0.266 e. The van der Waals surface area contributed by atoms with Gasteiger partial charge in [-0.15, -0.1) is 11.3 Å². The lowest BCUT2D eigenvalue weighted by Crippen LogP contribution is -2.14. The topological polar surface area (TPSA) is 52.9 Å². The van der Waals surface area contributed by atoms with Crippen LogP contribution in [-0.2, 0) is 4.79 Å². The van der Waals surface area contributed by atoms with Gasteiger partial charge in [-0.05, 0) is 64.5 Å². The molecule has 0 saturated heterocycles. The molecule has 2 aromatic rings. The van der Waals surface area contributed by atoms with Gasteiger partial charge in [0.25, 0.3) is 5.91 Å². The first-order valence-electron chi connectivity index (χ1n) is 6.24. The Morgan fingerprint density at radius 2 is 2.14 bits per heavy atom. The Hall–Kier alpha value is -1.90. The molecule has 106 valence electrons. The second-order valence-corrected chi connectivity index (χ2v) is 6.92. The second kappa shape index (κ2) is 6.70. The van der Waals surface area contributed by atoms with Crippen LogP contribution in [0.2, 0.25) is 0 Å². The summed E-state index contributed by atoms with van der Waals surface area (Å²) in [5.41, 5.74) is 3.74. The van der Waals surface area contributed by atoms with Crippen molar-refractivity contribution in [3.63, 3.8) is 0 Å². The number of hydrogen-bond acceptors (Lipinski definition) is 3. The van der Waals surface area contributed by atoms with Gasteiger partial charge in [0.2, 0.25) is 0 Å². The van der Waals surface area contributed by atoms with E-state index in [1.807, 2.05) is 49.6 Å². The molecule has 0 spiro atoms. The third-order valence-corrected chi connectivity index (χ3v) is 4.42. The molecule has 0 aliphatic carbocycles. The van der Waals surface area contributed by atoms with Crippen molar-refractivity contribution in [2.24, 2.45) is 0 Å². The molecule has 0 saturated carbocycles. The summed E-state index contributed by atoms with van der Waals surface area (Å²) in [7, 11) is 0. The van der Waals surface area contributed by atoms with Crippen molar-refractivity contribution in [3.05, 3.63) is 55.7 Å². The van der Waals surface area contributed by atoms with E-state index in [9.17, 15) is 4.79 Å². The fourth-order valence-electron chi connectivity index (χ4n) is 1.86. The molecule has 0 unspecified atom stereocenters. The Morgan fingerprint density at radius 3 is 2.71 bits per heavy atom. The fourth-order valence-corrected chi connectivity index (χ4v) is 2.99. The summed E-state index contributed by atoms with van der Waals surface area (Å²) in [6.07, 6.45) is 1.58. The second-order valence-electron chi connectivity index (χ2n) is 4.63. The van der Waals surface area contributed by atoms with Gasteiger partial charge in [-0.2, -0.15) is 5.26 Å². The number of aryl methyl sites for hydroxylation is 2. The molecule has 3 nitrogen and oxygen atoms in total. The summed E-state index contributed by atoms with van der Waals surface area (Å²) >= 11 is 4.86. The highest BCUT2D eigenvalue weighted by Crippen LogP contribution is 2.23. The molecule has 0 aliphatic rings. The van der Waals surface area contributed by atoms with Crippen molar-refractivity contribution in [2.45, 2.75) is 13.8 Å². The Balaban J connectivity index is 2.21. The van der Waals surface area contributed by atoms with E-state index in [1.54, 1.807) is 6.08 Å². The van der Waals surface area contributed by atoms with E-state index in [1.165, 1.54) is 11.3 Å². The lowest BCUT2D eigenvalue weighted by molar-refractivity contribution is -0.112.